The SMILES string of the molecule is c1ccc(-c2ccc(-c3cccc(-c4nc(-c5ccccc5)nc(-c5ccc6c7ccccc7n(-c7ccc8oc9ccccc9c8c7)c6c5)n4)c3)cc2)cc1. The summed E-state index contributed by atoms with van der Waals surface area (Å²) in [6, 6.07) is 67.5. The van der Waals surface area contributed by atoms with E-state index in [0.29, 0.717) is 17.5 Å². The van der Waals surface area contributed by atoms with Crippen LogP contribution < -0.4 is 0 Å². The van der Waals surface area contributed by atoms with Crippen molar-refractivity contribution >= 4 is 43.7 Å². The Bertz CT molecular complexity index is 3240. The van der Waals surface area contributed by atoms with Gasteiger partial charge >= 0.3 is 0 Å². The van der Waals surface area contributed by atoms with Crippen LogP contribution in [0.4, 0.5) is 0 Å². The summed E-state index contributed by atoms with van der Waals surface area (Å²) < 4.78 is 8.53. The van der Waals surface area contributed by atoms with Crippen LogP contribution in [-0.4, -0.2) is 19.5 Å². The molecule has 5 nitrogen and oxygen atoms in total. The molecule has 11 aromatic rings. The highest BCUT2D eigenvalue weighted by Gasteiger charge is 2.18. The summed E-state index contributed by atoms with van der Waals surface area (Å²) in [6.45, 7) is 0. The van der Waals surface area contributed by atoms with Gasteiger partial charge in [0.1, 0.15) is 11.2 Å². The van der Waals surface area contributed by atoms with Crippen molar-refractivity contribution in [3.63, 3.8) is 0 Å². The first-order valence-corrected chi connectivity index (χ1v) is 18.8. The van der Waals surface area contributed by atoms with Crippen LogP contribution in [0.15, 0.2) is 199 Å². The summed E-state index contributed by atoms with van der Waals surface area (Å²) in [5, 5.41) is 4.53. The van der Waals surface area contributed by atoms with Crippen LogP contribution in [0.25, 0.3) is 106 Å². The predicted molar refractivity (Wildman–Crippen MR) is 229 cm³/mol. The summed E-state index contributed by atoms with van der Waals surface area (Å²) in [5.41, 5.74) is 12.4. The number of nitrogens with zero attached hydrogens (tertiary/aromatic N) is 4. The Morgan fingerprint density at radius 2 is 0.821 bits per heavy atom. The van der Waals surface area contributed by atoms with Crippen molar-refractivity contribution in [1.82, 2.24) is 19.5 Å². The van der Waals surface area contributed by atoms with Gasteiger partial charge in [0.25, 0.3) is 0 Å². The number of aromatic nitrogens is 4. The highest BCUT2D eigenvalue weighted by Crippen LogP contribution is 2.37. The van der Waals surface area contributed by atoms with Crippen LogP contribution in [0.5, 0.6) is 0 Å². The summed E-state index contributed by atoms with van der Waals surface area (Å²) in [5.74, 6) is 1.86. The third-order valence-corrected chi connectivity index (χ3v) is 10.7. The zero-order valence-electron chi connectivity index (χ0n) is 30.2. The van der Waals surface area contributed by atoms with E-state index in [2.05, 4.69) is 150 Å². The predicted octanol–water partition coefficient (Wildman–Crippen LogP) is 13.2. The highest BCUT2D eigenvalue weighted by molar-refractivity contribution is 6.11. The lowest BCUT2D eigenvalue weighted by atomic mass is 9.99. The van der Waals surface area contributed by atoms with Gasteiger partial charge in [-0.15, -0.1) is 0 Å². The minimum atomic E-state index is 0.612. The lowest BCUT2D eigenvalue weighted by Gasteiger charge is -2.11. The molecule has 0 saturated carbocycles. The standard InChI is InChI=1S/C51H32N4O/c1-3-12-33(13-4-1)34-22-24-35(25-23-34)37-16-11-17-38(30-37)50-52-49(36-14-5-2-6-15-36)53-51(54-50)39-26-28-42-41-18-7-9-20-45(41)55(46(42)31-39)40-27-29-48-44(32-40)43-19-8-10-21-47(43)56-48/h1-32H. The Balaban J connectivity index is 1.06. The summed E-state index contributed by atoms with van der Waals surface area (Å²) in [6.07, 6.45) is 0. The Hall–Kier alpha value is -7.63. The van der Waals surface area contributed by atoms with E-state index < -0.39 is 0 Å². The minimum absolute atomic E-state index is 0.612. The van der Waals surface area contributed by atoms with Gasteiger partial charge in [-0.25, -0.2) is 15.0 Å². The molecule has 0 aliphatic heterocycles. The molecule has 56 heavy (non-hydrogen) atoms. The van der Waals surface area contributed by atoms with Gasteiger partial charge in [-0.1, -0.05) is 152 Å². The summed E-state index contributed by atoms with van der Waals surface area (Å²) >= 11 is 0. The monoisotopic (exact) mass is 716 g/mol. The van der Waals surface area contributed by atoms with Crippen LogP contribution in [-0.2, 0) is 0 Å². The Morgan fingerprint density at radius 3 is 1.59 bits per heavy atom. The van der Waals surface area contributed by atoms with E-state index in [0.717, 1.165) is 71.9 Å². The quantitative estimate of drug-likeness (QED) is 0.172. The molecule has 0 fully saturated rings. The van der Waals surface area contributed by atoms with Crippen molar-refractivity contribution in [2.75, 3.05) is 0 Å². The van der Waals surface area contributed by atoms with E-state index >= 15 is 0 Å². The number of para-hydroxylation sites is 2. The molecule has 0 N–H and O–H groups in total. The third kappa shape index (κ3) is 5.45. The average Bonchev–Trinajstić information content (AvgIpc) is 3.82. The lowest BCUT2D eigenvalue weighted by Crippen LogP contribution is -2.00. The van der Waals surface area contributed by atoms with E-state index in [1.54, 1.807) is 0 Å². The van der Waals surface area contributed by atoms with E-state index in [1.165, 1.54) is 16.5 Å². The highest BCUT2D eigenvalue weighted by atomic mass is 16.3. The first kappa shape index (κ1) is 31.9. The number of rotatable bonds is 6. The van der Waals surface area contributed by atoms with Gasteiger partial charge in [-0.3, -0.25) is 0 Å². The molecule has 0 saturated heterocycles. The molecule has 8 aromatic carbocycles. The number of hydrogen-bond donors (Lipinski definition) is 0. The van der Waals surface area contributed by atoms with Crippen molar-refractivity contribution in [1.29, 1.82) is 0 Å². The molecular weight excluding hydrogens is 685 g/mol. The fourth-order valence-electron chi connectivity index (χ4n) is 7.92. The second-order valence-electron chi connectivity index (χ2n) is 14.1. The maximum absolute atomic E-state index is 6.19. The number of hydrogen-bond acceptors (Lipinski definition) is 4. The summed E-state index contributed by atoms with van der Waals surface area (Å²) in [4.78, 5) is 15.3. The van der Waals surface area contributed by atoms with Gasteiger partial charge < -0.3 is 8.98 Å². The van der Waals surface area contributed by atoms with E-state index in [1.807, 2.05) is 48.5 Å². The molecule has 0 unspecified atom stereocenters. The molecule has 0 amide bonds. The Morgan fingerprint density at radius 1 is 0.304 bits per heavy atom. The molecule has 0 aliphatic rings. The smallest absolute Gasteiger partial charge is 0.164 e. The molecule has 0 radical (unpaired) electrons. The van der Waals surface area contributed by atoms with Gasteiger partial charge in [-0.2, -0.15) is 0 Å². The van der Waals surface area contributed by atoms with Crippen LogP contribution in [0, 0.1) is 0 Å². The van der Waals surface area contributed by atoms with Gasteiger partial charge in [0.15, 0.2) is 17.5 Å². The molecule has 11 rings (SSSR count). The van der Waals surface area contributed by atoms with E-state index in [9.17, 15) is 0 Å². The molecule has 3 aromatic heterocycles. The normalized spacial score (nSPS) is 11.6. The molecule has 262 valence electrons. The topological polar surface area (TPSA) is 56.7 Å². The van der Waals surface area contributed by atoms with Gasteiger partial charge in [0, 0.05) is 43.9 Å². The maximum atomic E-state index is 6.19. The Labute approximate surface area is 322 Å². The number of furan rings is 1. The fraction of sp³-hybridized carbons (Fsp3) is 0. The second kappa shape index (κ2) is 13.0. The van der Waals surface area contributed by atoms with Gasteiger partial charge in [0.05, 0.1) is 11.0 Å². The maximum Gasteiger partial charge on any atom is 0.164 e. The fourth-order valence-corrected chi connectivity index (χ4v) is 7.92. The summed E-state index contributed by atoms with van der Waals surface area (Å²) in [7, 11) is 0. The van der Waals surface area contributed by atoms with Crippen LogP contribution in [0.1, 0.15) is 0 Å². The molecule has 5 heteroatoms. The molecule has 0 atom stereocenters. The number of benzene rings is 8. The van der Waals surface area contributed by atoms with Crippen LogP contribution in [0.3, 0.4) is 0 Å². The molecule has 3 heterocycles. The van der Waals surface area contributed by atoms with Crippen molar-refractivity contribution in [3.8, 4) is 62.1 Å². The first-order valence-electron chi connectivity index (χ1n) is 18.8. The van der Waals surface area contributed by atoms with Gasteiger partial charge in [0.2, 0.25) is 0 Å². The largest absolute Gasteiger partial charge is 0.456 e. The average molecular weight is 717 g/mol. The molecule has 0 spiro atoms. The van der Waals surface area contributed by atoms with Gasteiger partial charge in [-0.05, 0) is 64.7 Å². The van der Waals surface area contributed by atoms with Crippen molar-refractivity contribution in [3.05, 3.63) is 194 Å². The lowest BCUT2D eigenvalue weighted by molar-refractivity contribution is 0.669. The molecular formula is C51H32N4O. The van der Waals surface area contributed by atoms with E-state index in [-0.39, 0.29) is 0 Å². The van der Waals surface area contributed by atoms with Crippen LogP contribution in [0.2, 0.25) is 0 Å². The Kier molecular flexibility index (Phi) is 7.42. The first-order chi connectivity index (χ1) is 27.7. The van der Waals surface area contributed by atoms with E-state index in [4.69, 9.17) is 19.4 Å². The zero-order valence-corrected chi connectivity index (χ0v) is 30.2. The van der Waals surface area contributed by atoms with Crippen molar-refractivity contribution in [2.24, 2.45) is 0 Å². The van der Waals surface area contributed by atoms with Crippen molar-refractivity contribution < 1.29 is 4.42 Å². The molecule has 0 bridgehead atoms. The third-order valence-electron chi connectivity index (χ3n) is 10.7. The number of fused-ring (bicyclic) bond motifs is 6. The second-order valence-corrected chi connectivity index (χ2v) is 14.1. The molecule has 0 aliphatic carbocycles. The van der Waals surface area contributed by atoms with Crippen molar-refractivity contribution in [2.45, 2.75) is 0 Å². The minimum Gasteiger partial charge on any atom is -0.456 e. The van der Waals surface area contributed by atoms with Crippen LogP contribution >= 0.6 is 0 Å². The zero-order chi connectivity index (χ0) is 37.0.